The van der Waals surface area contributed by atoms with Crippen molar-refractivity contribution in [3.05, 3.63) is 70.1 Å². The SMILES string of the molecule is CCCCCOC(=O)c1cc2ccc(OC(=O)c3ccc(OCCCCC[Si]4(C)O[Si](C)O[Si](C)O[Si](C)O4)cc3)cc2oc1=O. The molecule has 4 rings (SSSR count). The van der Waals surface area contributed by atoms with E-state index < -0.39 is 54.0 Å². The topological polar surface area (TPSA) is 129 Å². The van der Waals surface area contributed by atoms with Crippen molar-refractivity contribution < 1.29 is 44.7 Å². The molecule has 0 amide bonds. The lowest BCUT2D eigenvalue weighted by atomic mass is 10.1. The highest BCUT2D eigenvalue weighted by Gasteiger charge is 2.40. The summed E-state index contributed by atoms with van der Waals surface area (Å²) in [6.07, 6.45) is 5.47. The van der Waals surface area contributed by atoms with Crippen LogP contribution in [0.3, 0.4) is 0 Å². The lowest BCUT2D eigenvalue weighted by Gasteiger charge is -2.35. The molecule has 1 aliphatic heterocycles. The van der Waals surface area contributed by atoms with Crippen LogP contribution in [0.15, 0.2) is 57.7 Å². The van der Waals surface area contributed by atoms with Crippen molar-refractivity contribution in [2.24, 2.45) is 0 Å². The molecule has 0 bridgehead atoms. The number of hydrogen-bond acceptors (Lipinski definition) is 11. The van der Waals surface area contributed by atoms with Gasteiger partial charge in [0.25, 0.3) is 0 Å². The van der Waals surface area contributed by atoms with E-state index in [1.807, 2.05) is 26.6 Å². The Bertz CT molecular complexity index is 1500. The van der Waals surface area contributed by atoms with E-state index in [9.17, 15) is 14.4 Å². The van der Waals surface area contributed by atoms with Crippen LogP contribution in [0.2, 0.25) is 32.2 Å². The van der Waals surface area contributed by atoms with E-state index in [-0.39, 0.29) is 23.5 Å². The predicted molar refractivity (Wildman–Crippen MR) is 179 cm³/mol. The average Bonchev–Trinajstić information content (AvgIpc) is 2.99. The Morgan fingerprint density at radius 2 is 1.46 bits per heavy atom. The highest BCUT2D eigenvalue weighted by atomic mass is 28.5. The van der Waals surface area contributed by atoms with E-state index in [1.165, 1.54) is 12.1 Å². The molecule has 3 aromatic rings. The Kier molecular flexibility index (Phi) is 13.5. The van der Waals surface area contributed by atoms with Crippen molar-refractivity contribution in [1.82, 2.24) is 0 Å². The largest absolute Gasteiger partial charge is 0.494 e. The number of carbonyl (C=O) groups excluding carboxylic acids is 2. The van der Waals surface area contributed by atoms with Gasteiger partial charge in [-0.2, -0.15) is 0 Å². The van der Waals surface area contributed by atoms with Crippen molar-refractivity contribution in [1.29, 1.82) is 0 Å². The molecule has 1 fully saturated rings. The molecular formula is C31H41O11Si4. The fourth-order valence-electron chi connectivity index (χ4n) is 4.86. The molecule has 11 nitrogen and oxygen atoms in total. The molecule has 3 radical (unpaired) electrons. The summed E-state index contributed by atoms with van der Waals surface area (Å²) in [6, 6.07) is 13.6. The van der Waals surface area contributed by atoms with Gasteiger partial charge in [-0.05, 0) is 87.5 Å². The maximum absolute atomic E-state index is 12.8. The Labute approximate surface area is 275 Å². The average molecular weight is 702 g/mol. The molecule has 0 spiro atoms. The maximum Gasteiger partial charge on any atom is 0.362 e. The van der Waals surface area contributed by atoms with Crippen molar-refractivity contribution in [3.63, 3.8) is 0 Å². The second-order valence-electron chi connectivity index (χ2n) is 11.1. The van der Waals surface area contributed by atoms with Crippen LogP contribution in [-0.4, -0.2) is 61.6 Å². The van der Waals surface area contributed by atoms with Gasteiger partial charge in [0.05, 0.1) is 18.8 Å². The van der Waals surface area contributed by atoms with Crippen molar-refractivity contribution in [3.8, 4) is 11.5 Å². The van der Waals surface area contributed by atoms with Gasteiger partial charge >= 0.3 is 54.0 Å². The fourth-order valence-corrected chi connectivity index (χ4v) is 16.8. The molecule has 1 aliphatic rings. The van der Waals surface area contributed by atoms with Gasteiger partial charge in [-0.3, -0.25) is 0 Å². The first-order valence-corrected chi connectivity index (χ1v) is 23.5. The predicted octanol–water partition coefficient (Wildman–Crippen LogP) is 6.41. The van der Waals surface area contributed by atoms with E-state index >= 15 is 0 Å². The van der Waals surface area contributed by atoms with E-state index in [2.05, 4.69) is 6.55 Å². The quantitative estimate of drug-likeness (QED) is 0.0608. The van der Waals surface area contributed by atoms with Gasteiger partial charge in [-0.25, -0.2) is 14.4 Å². The third kappa shape index (κ3) is 10.8. The lowest BCUT2D eigenvalue weighted by Crippen LogP contribution is -2.52. The molecule has 0 aliphatic carbocycles. The van der Waals surface area contributed by atoms with Crippen LogP contribution in [0.1, 0.15) is 66.2 Å². The van der Waals surface area contributed by atoms with Gasteiger partial charge in [0.15, 0.2) is 0 Å². The summed E-state index contributed by atoms with van der Waals surface area (Å²) in [5.74, 6) is -0.437. The molecule has 15 heteroatoms. The zero-order valence-corrected chi connectivity index (χ0v) is 31.0. The second-order valence-corrected chi connectivity index (χ2v) is 20.1. The normalized spacial score (nSPS) is 16.1. The minimum atomic E-state index is -2.34. The van der Waals surface area contributed by atoms with Crippen LogP contribution in [0, 0.1) is 0 Å². The summed E-state index contributed by atoms with van der Waals surface area (Å²) in [4.78, 5) is 37.5. The van der Waals surface area contributed by atoms with Crippen molar-refractivity contribution in [2.45, 2.75) is 77.7 Å². The number of benzene rings is 2. The number of rotatable bonds is 14. The van der Waals surface area contributed by atoms with Crippen LogP contribution in [0.5, 0.6) is 11.5 Å². The summed E-state index contributed by atoms with van der Waals surface area (Å²) in [5.41, 5.74) is -0.457. The van der Waals surface area contributed by atoms with Gasteiger partial charge < -0.3 is 35.1 Å². The number of unbranched alkanes of at least 4 members (excludes halogenated alkanes) is 4. The third-order valence-corrected chi connectivity index (χ3v) is 18.7. The number of hydrogen-bond donors (Lipinski definition) is 0. The first-order valence-electron chi connectivity index (χ1n) is 15.5. The van der Waals surface area contributed by atoms with E-state index in [1.54, 1.807) is 36.4 Å². The highest BCUT2D eigenvalue weighted by Crippen LogP contribution is 2.24. The summed E-state index contributed by atoms with van der Waals surface area (Å²) < 4.78 is 46.3. The summed E-state index contributed by atoms with van der Waals surface area (Å²) in [5, 5.41) is 0.505. The molecule has 0 saturated carbocycles. The van der Waals surface area contributed by atoms with Gasteiger partial charge in [0.2, 0.25) is 0 Å². The van der Waals surface area contributed by atoms with Crippen LogP contribution < -0.4 is 15.1 Å². The molecule has 247 valence electrons. The number of esters is 2. The minimum absolute atomic E-state index is 0.172. The smallest absolute Gasteiger partial charge is 0.362 e. The monoisotopic (exact) mass is 701 g/mol. The molecule has 46 heavy (non-hydrogen) atoms. The van der Waals surface area contributed by atoms with Gasteiger partial charge in [0, 0.05) is 11.5 Å². The summed E-state index contributed by atoms with van der Waals surface area (Å²) in [6.45, 7) is 10.9. The molecule has 0 atom stereocenters. The fraction of sp³-hybridized carbons (Fsp3) is 0.452. The second kappa shape index (κ2) is 17.3. The lowest BCUT2D eigenvalue weighted by molar-refractivity contribution is 0.0493. The third-order valence-electron chi connectivity index (χ3n) is 7.05. The van der Waals surface area contributed by atoms with E-state index in [0.29, 0.717) is 23.3 Å². The Balaban J connectivity index is 1.22. The molecule has 0 N–H and O–H groups in total. The summed E-state index contributed by atoms with van der Waals surface area (Å²) in [7, 11) is -6.38. The van der Waals surface area contributed by atoms with Gasteiger partial charge in [-0.15, -0.1) is 0 Å². The standard InChI is InChI=1S/C31H41O11Si4/c1-6-7-9-19-36-30(33)27-21-24-14-17-26(22-28(24)38-31(27)34)37-29(32)23-12-15-25(16-13-23)35-18-10-8-11-20-46(5)41-44(3)39-43(2)40-45(4)42-46/h12-17,21-22H,6-11,18-20H2,1-5H3. The van der Waals surface area contributed by atoms with Gasteiger partial charge in [-0.1, -0.05) is 32.6 Å². The van der Waals surface area contributed by atoms with Crippen LogP contribution >= 0.6 is 0 Å². The van der Waals surface area contributed by atoms with E-state index in [0.717, 1.165) is 44.6 Å². The first-order chi connectivity index (χ1) is 22.0. The zero-order chi connectivity index (χ0) is 33.1. The molecule has 2 heterocycles. The van der Waals surface area contributed by atoms with Crippen molar-refractivity contribution >= 4 is 59.3 Å². The molecular weight excluding hydrogens is 661 g/mol. The highest BCUT2D eigenvalue weighted by molar-refractivity contribution is 6.81. The summed E-state index contributed by atoms with van der Waals surface area (Å²) >= 11 is 0. The Morgan fingerprint density at radius 3 is 2.15 bits per heavy atom. The van der Waals surface area contributed by atoms with Crippen LogP contribution in [-0.2, 0) is 21.2 Å². The molecule has 1 saturated heterocycles. The van der Waals surface area contributed by atoms with Gasteiger partial charge in [0.1, 0.15) is 22.6 Å². The van der Waals surface area contributed by atoms with E-state index in [4.69, 9.17) is 35.1 Å². The number of carbonyl (C=O) groups is 2. The zero-order valence-electron chi connectivity index (χ0n) is 27.0. The molecule has 2 aromatic carbocycles. The Morgan fingerprint density at radius 1 is 0.783 bits per heavy atom. The van der Waals surface area contributed by atoms with Crippen molar-refractivity contribution in [2.75, 3.05) is 13.2 Å². The number of ether oxygens (including phenoxy) is 3. The molecule has 0 unspecified atom stereocenters. The van der Waals surface area contributed by atoms with Crippen LogP contribution in [0.25, 0.3) is 11.0 Å². The molecule has 1 aromatic heterocycles. The first kappa shape index (κ1) is 35.9. The van der Waals surface area contributed by atoms with Crippen LogP contribution in [0.4, 0.5) is 0 Å². The maximum atomic E-state index is 12.8. The minimum Gasteiger partial charge on any atom is -0.494 e. The number of fused-ring (bicyclic) bond motifs is 1. The Hall–Kier alpha value is -2.90.